The predicted molar refractivity (Wildman–Crippen MR) is 63.5 cm³/mol. The molecular formula is C10H12N4O2S. The van der Waals surface area contributed by atoms with Crippen molar-refractivity contribution in [2.75, 3.05) is 14.1 Å². The first-order valence-corrected chi connectivity index (χ1v) is 6.30. The van der Waals surface area contributed by atoms with Gasteiger partial charge in [0, 0.05) is 38.2 Å². The van der Waals surface area contributed by atoms with Gasteiger partial charge in [0.2, 0.25) is 0 Å². The van der Waals surface area contributed by atoms with E-state index in [0.29, 0.717) is 5.69 Å². The van der Waals surface area contributed by atoms with Crippen LogP contribution >= 0.6 is 0 Å². The van der Waals surface area contributed by atoms with Crippen molar-refractivity contribution in [1.82, 2.24) is 18.5 Å². The minimum atomic E-state index is -3.55. The summed E-state index contributed by atoms with van der Waals surface area (Å²) in [5.74, 6) is 0. The Bertz CT molecular complexity index is 604. The molecule has 7 heteroatoms. The summed E-state index contributed by atoms with van der Waals surface area (Å²) in [6.45, 7) is 0. The van der Waals surface area contributed by atoms with Crippen LogP contribution < -0.4 is 0 Å². The van der Waals surface area contributed by atoms with Gasteiger partial charge in [-0.1, -0.05) is 0 Å². The van der Waals surface area contributed by atoms with E-state index < -0.39 is 10.2 Å². The van der Waals surface area contributed by atoms with Crippen LogP contribution in [0.3, 0.4) is 0 Å². The minimum Gasteiger partial charge on any atom is -0.264 e. The molecule has 0 saturated heterocycles. The minimum absolute atomic E-state index is 0.573. The maximum atomic E-state index is 11.8. The summed E-state index contributed by atoms with van der Waals surface area (Å²) in [7, 11) is -0.627. The van der Waals surface area contributed by atoms with Crippen molar-refractivity contribution < 1.29 is 8.42 Å². The van der Waals surface area contributed by atoms with Crippen LogP contribution in [0.2, 0.25) is 0 Å². The van der Waals surface area contributed by atoms with Crippen LogP contribution in [-0.4, -0.2) is 41.0 Å². The van der Waals surface area contributed by atoms with Crippen molar-refractivity contribution in [3.8, 4) is 11.3 Å². The third kappa shape index (κ3) is 2.20. The van der Waals surface area contributed by atoms with Gasteiger partial charge < -0.3 is 0 Å². The number of rotatable bonds is 3. The highest BCUT2D eigenvalue weighted by Crippen LogP contribution is 2.15. The zero-order valence-electron chi connectivity index (χ0n) is 9.48. The van der Waals surface area contributed by atoms with Crippen molar-refractivity contribution in [1.29, 1.82) is 0 Å². The summed E-state index contributed by atoms with van der Waals surface area (Å²) in [5, 5.41) is 4.02. The monoisotopic (exact) mass is 252 g/mol. The Morgan fingerprint density at radius 2 is 2.06 bits per heavy atom. The molecular weight excluding hydrogens is 240 g/mol. The second-order valence-corrected chi connectivity index (χ2v) is 5.61. The Labute approximate surface area is 99.7 Å². The van der Waals surface area contributed by atoms with Gasteiger partial charge in [-0.3, -0.25) is 4.98 Å². The highest BCUT2D eigenvalue weighted by atomic mass is 32.2. The molecule has 90 valence electrons. The van der Waals surface area contributed by atoms with Gasteiger partial charge in [0.1, 0.15) is 0 Å². The molecule has 0 fully saturated rings. The molecule has 0 aliphatic carbocycles. The molecule has 0 spiro atoms. The maximum Gasteiger partial charge on any atom is 0.322 e. The quantitative estimate of drug-likeness (QED) is 0.802. The summed E-state index contributed by atoms with van der Waals surface area (Å²) in [5.41, 5.74) is 1.35. The lowest BCUT2D eigenvalue weighted by Crippen LogP contribution is -2.29. The molecule has 2 aromatic heterocycles. The normalized spacial score (nSPS) is 11.9. The molecule has 2 rings (SSSR count). The molecule has 2 aromatic rings. The van der Waals surface area contributed by atoms with E-state index in [2.05, 4.69) is 10.1 Å². The molecule has 0 aliphatic heterocycles. The van der Waals surface area contributed by atoms with E-state index in [0.717, 1.165) is 14.0 Å². The van der Waals surface area contributed by atoms with Gasteiger partial charge in [0.25, 0.3) is 0 Å². The molecule has 0 bridgehead atoms. The summed E-state index contributed by atoms with van der Waals surface area (Å²) in [6.07, 6.45) is 4.70. The fraction of sp³-hybridized carbons (Fsp3) is 0.200. The van der Waals surface area contributed by atoms with E-state index in [1.54, 1.807) is 24.5 Å². The molecule has 0 unspecified atom stereocenters. The van der Waals surface area contributed by atoms with Gasteiger partial charge in [-0.25, -0.2) is 0 Å². The van der Waals surface area contributed by atoms with Gasteiger partial charge in [-0.15, -0.1) is 0 Å². The van der Waals surface area contributed by atoms with Crippen LogP contribution in [0, 0.1) is 0 Å². The average Bonchev–Trinajstić information content (AvgIpc) is 2.80. The summed E-state index contributed by atoms with van der Waals surface area (Å²) in [6, 6.07) is 5.23. The third-order valence-corrected chi connectivity index (χ3v) is 3.82. The second-order valence-electron chi connectivity index (χ2n) is 3.61. The van der Waals surface area contributed by atoms with Crippen LogP contribution in [0.25, 0.3) is 11.3 Å². The largest absolute Gasteiger partial charge is 0.322 e. The first-order chi connectivity index (χ1) is 8.01. The molecule has 0 N–H and O–H groups in total. The van der Waals surface area contributed by atoms with Crippen LogP contribution in [0.1, 0.15) is 0 Å². The van der Waals surface area contributed by atoms with E-state index in [1.165, 1.54) is 20.3 Å². The standard InChI is InChI=1S/C10H12N4O2S/c1-13(2)17(15,16)14-7-5-10(12-14)9-4-3-6-11-8-9/h3-8H,1-2H3. The molecule has 0 aromatic carbocycles. The molecule has 2 heterocycles. The van der Waals surface area contributed by atoms with E-state index in [9.17, 15) is 8.42 Å². The molecule has 0 atom stereocenters. The molecule has 0 radical (unpaired) electrons. The van der Waals surface area contributed by atoms with E-state index in [4.69, 9.17) is 0 Å². The van der Waals surface area contributed by atoms with Crippen molar-refractivity contribution in [3.63, 3.8) is 0 Å². The number of hydrogen-bond acceptors (Lipinski definition) is 4. The topological polar surface area (TPSA) is 68.1 Å². The highest BCUT2D eigenvalue weighted by molar-refractivity contribution is 7.87. The van der Waals surface area contributed by atoms with E-state index in [-0.39, 0.29) is 0 Å². The van der Waals surface area contributed by atoms with Crippen LogP contribution in [0.15, 0.2) is 36.8 Å². The van der Waals surface area contributed by atoms with Crippen molar-refractivity contribution >= 4 is 10.2 Å². The Kier molecular flexibility index (Phi) is 2.95. The van der Waals surface area contributed by atoms with Crippen LogP contribution in [-0.2, 0) is 10.2 Å². The van der Waals surface area contributed by atoms with Crippen LogP contribution in [0.4, 0.5) is 0 Å². The number of hydrogen-bond donors (Lipinski definition) is 0. The Morgan fingerprint density at radius 3 is 2.65 bits per heavy atom. The third-order valence-electron chi connectivity index (χ3n) is 2.22. The molecule has 6 nitrogen and oxygen atoms in total. The first kappa shape index (κ1) is 11.7. The van der Waals surface area contributed by atoms with Gasteiger partial charge in [0.05, 0.1) is 5.69 Å². The molecule has 0 saturated carbocycles. The van der Waals surface area contributed by atoms with Gasteiger partial charge >= 0.3 is 10.2 Å². The fourth-order valence-corrected chi connectivity index (χ4v) is 2.01. The number of pyridine rings is 1. The maximum absolute atomic E-state index is 11.8. The van der Waals surface area contributed by atoms with Gasteiger partial charge in [-0.2, -0.15) is 21.9 Å². The smallest absolute Gasteiger partial charge is 0.264 e. The summed E-state index contributed by atoms with van der Waals surface area (Å²) < 4.78 is 25.6. The second kappa shape index (κ2) is 4.27. The Morgan fingerprint density at radius 1 is 1.29 bits per heavy atom. The number of nitrogens with zero attached hydrogens (tertiary/aromatic N) is 4. The van der Waals surface area contributed by atoms with Crippen molar-refractivity contribution in [2.24, 2.45) is 0 Å². The lowest BCUT2D eigenvalue weighted by Gasteiger charge is -2.10. The lowest BCUT2D eigenvalue weighted by molar-refractivity contribution is 0.504. The Balaban J connectivity index is 2.42. The summed E-state index contributed by atoms with van der Waals surface area (Å²) >= 11 is 0. The highest BCUT2D eigenvalue weighted by Gasteiger charge is 2.17. The Hall–Kier alpha value is -1.73. The van der Waals surface area contributed by atoms with Crippen LogP contribution in [0.5, 0.6) is 0 Å². The number of aromatic nitrogens is 3. The van der Waals surface area contributed by atoms with Gasteiger partial charge in [0.15, 0.2) is 0 Å². The van der Waals surface area contributed by atoms with Gasteiger partial charge in [-0.05, 0) is 18.2 Å². The zero-order valence-corrected chi connectivity index (χ0v) is 10.3. The lowest BCUT2D eigenvalue weighted by atomic mass is 10.2. The molecule has 17 heavy (non-hydrogen) atoms. The van der Waals surface area contributed by atoms with Crippen molar-refractivity contribution in [3.05, 3.63) is 36.8 Å². The van der Waals surface area contributed by atoms with E-state index in [1.807, 2.05) is 6.07 Å². The fourth-order valence-electron chi connectivity index (χ4n) is 1.27. The SMILES string of the molecule is CN(C)S(=O)(=O)n1ccc(-c2cccnc2)n1. The van der Waals surface area contributed by atoms with Crippen molar-refractivity contribution in [2.45, 2.75) is 0 Å². The molecule has 0 aliphatic rings. The summed E-state index contributed by atoms with van der Waals surface area (Å²) in [4.78, 5) is 3.96. The van der Waals surface area contributed by atoms with E-state index >= 15 is 0 Å². The zero-order chi connectivity index (χ0) is 12.5. The average molecular weight is 252 g/mol. The molecule has 0 amide bonds. The first-order valence-electron chi connectivity index (χ1n) is 4.91. The predicted octanol–water partition coefficient (Wildman–Crippen LogP) is 0.600.